The fourth-order valence-electron chi connectivity index (χ4n) is 3.17. The van der Waals surface area contributed by atoms with Gasteiger partial charge in [0.25, 0.3) is 0 Å². The molecule has 3 nitrogen and oxygen atoms in total. The first kappa shape index (κ1) is 11.8. The van der Waals surface area contributed by atoms with E-state index in [0.717, 1.165) is 17.3 Å². The van der Waals surface area contributed by atoms with Gasteiger partial charge >= 0.3 is 0 Å². The molecular formula is C14H18ClN3. The van der Waals surface area contributed by atoms with E-state index >= 15 is 0 Å². The van der Waals surface area contributed by atoms with Gasteiger partial charge in [-0.05, 0) is 30.9 Å². The molecule has 1 fully saturated rings. The maximum Gasteiger partial charge on any atom is 0.196 e. The number of rotatable bonds is 2. The van der Waals surface area contributed by atoms with Gasteiger partial charge in [0, 0.05) is 0 Å². The van der Waals surface area contributed by atoms with E-state index in [2.05, 4.69) is 9.89 Å². The van der Waals surface area contributed by atoms with Crippen molar-refractivity contribution in [1.29, 1.82) is 0 Å². The minimum Gasteiger partial charge on any atom is -0.370 e. The predicted molar refractivity (Wildman–Crippen MR) is 76.2 cm³/mol. The topological polar surface area (TPSA) is 41.6 Å². The van der Waals surface area contributed by atoms with Gasteiger partial charge in [-0.25, -0.2) is 0 Å². The van der Waals surface area contributed by atoms with Crippen LogP contribution >= 0.6 is 11.6 Å². The van der Waals surface area contributed by atoms with Gasteiger partial charge in [0.2, 0.25) is 0 Å². The average molecular weight is 264 g/mol. The number of hydrogen-bond donors (Lipinski definition) is 1. The number of anilines is 1. The standard InChI is InChI=1S/C14H18ClN3/c15-11-7-3-4-8-12(11)18-13(9-17-14(18)16)10-5-1-2-6-10/h3-4,7-8,10,13H,1-2,5-6,9H2,(H2,16,17). The summed E-state index contributed by atoms with van der Waals surface area (Å²) in [5.74, 6) is 1.31. The van der Waals surface area contributed by atoms with E-state index in [0.29, 0.717) is 17.9 Å². The van der Waals surface area contributed by atoms with Crippen LogP contribution in [0.5, 0.6) is 0 Å². The summed E-state index contributed by atoms with van der Waals surface area (Å²) in [6.45, 7) is 0.807. The third-order valence-electron chi connectivity index (χ3n) is 4.07. The Labute approximate surface area is 113 Å². The Morgan fingerprint density at radius 3 is 2.67 bits per heavy atom. The lowest BCUT2D eigenvalue weighted by Crippen LogP contribution is -2.44. The normalized spacial score (nSPS) is 24.6. The van der Waals surface area contributed by atoms with Crippen LogP contribution in [0.4, 0.5) is 5.69 Å². The number of nitrogens with two attached hydrogens (primary N) is 1. The molecule has 1 heterocycles. The third-order valence-corrected chi connectivity index (χ3v) is 4.39. The molecule has 2 aliphatic rings. The molecule has 1 aromatic rings. The lowest BCUT2D eigenvalue weighted by Gasteiger charge is -2.31. The van der Waals surface area contributed by atoms with Crippen LogP contribution in [0.25, 0.3) is 0 Å². The van der Waals surface area contributed by atoms with E-state index in [1.807, 2.05) is 24.3 Å². The van der Waals surface area contributed by atoms with E-state index in [1.54, 1.807) is 0 Å². The molecule has 1 saturated carbocycles. The zero-order valence-corrected chi connectivity index (χ0v) is 11.1. The van der Waals surface area contributed by atoms with Crippen LogP contribution in [-0.4, -0.2) is 18.5 Å². The smallest absolute Gasteiger partial charge is 0.196 e. The van der Waals surface area contributed by atoms with Gasteiger partial charge in [-0.2, -0.15) is 0 Å². The summed E-state index contributed by atoms with van der Waals surface area (Å²) in [5.41, 5.74) is 7.05. The Morgan fingerprint density at radius 2 is 1.94 bits per heavy atom. The average Bonchev–Trinajstić information content (AvgIpc) is 2.99. The minimum absolute atomic E-state index is 0.396. The fourth-order valence-corrected chi connectivity index (χ4v) is 3.39. The van der Waals surface area contributed by atoms with Gasteiger partial charge in [-0.3, -0.25) is 4.99 Å². The van der Waals surface area contributed by atoms with E-state index in [4.69, 9.17) is 17.3 Å². The van der Waals surface area contributed by atoms with Crippen LogP contribution in [0.2, 0.25) is 5.02 Å². The quantitative estimate of drug-likeness (QED) is 0.891. The molecule has 0 amide bonds. The molecule has 1 aliphatic heterocycles. The first-order valence-corrected chi connectivity index (χ1v) is 6.99. The SMILES string of the molecule is NC1=NCC(C2CCCC2)N1c1ccccc1Cl. The second kappa shape index (κ2) is 4.81. The van der Waals surface area contributed by atoms with Crippen LogP contribution in [0.15, 0.2) is 29.3 Å². The molecular weight excluding hydrogens is 246 g/mol. The molecule has 1 atom stereocenters. The summed E-state index contributed by atoms with van der Waals surface area (Å²) in [7, 11) is 0. The van der Waals surface area contributed by atoms with E-state index in [-0.39, 0.29) is 0 Å². The molecule has 3 rings (SSSR count). The zero-order valence-electron chi connectivity index (χ0n) is 10.3. The van der Waals surface area contributed by atoms with Crippen molar-refractivity contribution in [3.05, 3.63) is 29.3 Å². The van der Waals surface area contributed by atoms with Crippen LogP contribution in [0, 0.1) is 5.92 Å². The second-order valence-corrected chi connectivity index (χ2v) is 5.54. The molecule has 1 unspecified atom stereocenters. The predicted octanol–water partition coefficient (Wildman–Crippen LogP) is 3.03. The van der Waals surface area contributed by atoms with Crippen molar-refractivity contribution in [2.45, 2.75) is 31.7 Å². The zero-order chi connectivity index (χ0) is 12.5. The molecule has 1 aromatic carbocycles. The fraction of sp³-hybridized carbons (Fsp3) is 0.500. The number of nitrogens with zero attached hydrogens (tertiary/aromatic N) is 2. The Bertz CT molecular complexity index is 466. The van der Waals surface area contributed by atoms with Crippen molar-refractivity contribution in [1.82, 2.24) is 0 Å². The van der Waals surface area contributed by atoms with Crippen molar-refractivity contribution >= 4 is 23.2 Å². The molecule has 0 radical (unpaired) electrons. The number of hydrogen-bond acceptors (Lipinski definition) is 3. The number of halogens is 1. The van der Waals surface area contributed by atoms with Crippen molar-refractivity contribution in [2.75, 3.05) is 11.4 Å². The van der Waals surface area contributed by atoms with Gasteiger partial charge in [0.15, 0.2) is 5.96 Å². The van der Waals surface area contributed by atoms with Gasteiger partial charge in [0.05, 0.1) is 23.3 Å². The van der Waals surface area contributed by atoms with E-state index in [1.165, 1.54) is 25.7 Å². The highest BCUT2D eigenvalue weighted by molar-refractivity contribution is 6.33. The maximum atomic E-state index is 6.29. The van der Waals surface area contributed by atoms with E-state index in [9.17, 15) is 0 Å². The lowest BCUT2D eigenvalue weighted by atomic mass is 9.97. The minimum atomic E-state index is 0.396. The van der Waals surface area contributed by atoms with E-state index < -0.39 is 0 Å². The number of para-hydroxylation sites is 1. The first-order chi connectivity index (χ1) is 8.77. The summed E-state index contributed by atoms with van der Waals surface area (Å²) in [6.07, 6.45) is 5.23. The maximum absolute atomic E-state index is 6.29. The van der Waals surface area contributed by atoms with Gasteiger partial charge in [-0.15, -0.1) is 0 Å². The number of benzene rings is 1. The molecule has 2 N–H and O–H groups in total. The number of aliphatic imine (C=N–C) groups is 1. The van der Waals surface area contributed by atoms with Gasteiger partial charge < -0.3 is 10.6 Å². The third kappa shape index (κ3) is 1.97. The molecule has 0 spiro atoms. The van der Waals surface area contributed by atoms with Gasteiger partial charge in [-0.1, -0.05) is 36.6 Å². The molecule has 96 valence electrons. The molecule has 0 saturated heterocycles. The summed E-state index contributed by atoms with van der Waals surface area (Å²) in [5, 5.41) is 0.751. The van der Waals surface area contributed by atoms with Crippen LogP contribution in [-0.2, 0) is 0 Å². The van der Waals surface area contributed by atoms with Crippen LogP contribution < -0.4 is 10.6 Å². The largest absolute Gasteiger partial charge is 0.370 e. The molecule has 4 heteroatoms. The Morgan fingerprint density at radius 1 is 1.22 bits per heavy atom. The first-order valence-electron chi connectivity index (χ1n) is 6.61. The Balaban J connectivity index is 1.92. The van der Waals surface area contributed by atoms with Crippen LogP contribution in [0.3, 0.4) is 0 Å². The van der Waals surface area contributed by atoms with Crippen molar-refractivity contribution in [2.24, 2.45) is 16.6 Å². The second-order valence-electron chi connectivity index (χ2n) is 5.13. The van der Waals surface area contributed by atoms with Crippen molar-refractivity contribution in [3.8, 4) is 0 Å². The lowest BCUT2D eigenvalue weighted by molar-refractivity contribution is 0.450. The van der Waals surface area contributed by atoms with Gasteiger partial charge in [0.1, 0.15) is 0 Å². The highest BCUT2D eigenvalue weighted by Crippen LogP contribution is 2.36. The van der Waals surface area contributed by atoms with Crippen LogP contribution in [0.1, 0.15) is 25.7 Å². The van der Waals surface area contributed by atoms with Crippen molar-refractivity contribution < 1.29 is 0 Å². The highest BCUT2D eigenvalue weighted by Gasteiger charge is 2.35. The summed E-state index contributed by atoms with van der Waals surface area (Å²) < 4.78 is 0. The molecule has 0 bridgehead atoms. The Hall–Kier alpha value is -1.22. The summed E-state index contributed by atoms with van der Waals surface area (Å²) in [6, 6.07) is 8.28. The summed E-state index contributed by atoms with van der Waals surface area (Å²) >= 11 is 6.29. The molecule has 18 heavy (non-hydrogen) atoms. The summed E-state index contributed by atoms with van der Waals surface area (Å²) in [4.78, 5) is 6.56. The van der Waals surface area contributed by atoms with Crippen molar-refractivity contribution in [3.63, 3.8) is 0 Å². The Kier molecular flexibility index (Phi) is 3.16. The highest BCUT2D eigenvalue weighted by atomic mass is 35.5. The monoisotopic (exact) mass is 263 g/mol. The number of guanidine groups is 1. The molecule has 0 aromatic heterocycles. The molecule has 1 aliphatic carbocycles.